The van der Waals surface area contributed by atoms with Gasteiger partial charge >= 0.3 is 0 Å². The van der Waals surface area contributed by atoms with Crippen LogP contribution < -0.4 is 10.6 Å². The summed E-state index contributed by atoms with van der Waals surface area (Å²) in [5, 5.41) is 10.9. The van der Waals surface area contributed by atoms with Crippen molar-refractivity contribution in [2.24, 2.45) is 0 Å². The molecule has 0 unspecified atom stereocenters. The molecule has 1 aliphatic heterocycles. The lowest BCUT2D eigenvalue weighted by Gasteiger charge is -2.35. The van der Waals surface area contributed by atoms with Crippen LogP contribution in [0.4, 0.5) is 0 Å². The van der Waals surface area contributed by atoms with Gasteiger partial charge in [0.2, 0.25) is 11.8 Å². The van der Waals surface area contributed by atoms with Gasteiger partial charge in [-0.15, -0.1) is 0 Å². The van der Waals surface area contributed by atoms with Crippen LogP contribution in [0.3, 0.4) is 0 Å². The molecule has 5 rings (SSSR count). The maximum Gasteiger partial charge on any atom is 0.242 e. The van der Waals surface area contributed by atoms with Crippen LogP contribution in [0.5, 0.6) is 0 Å². The fourth-order valence-electron chi connectivity index (χ4n) is 5.65. The van der Waals surface area contributed by atoms with Gasteiger partial charge in [-0.1, -0.05) is 36.4 Å². The van der Waals surface area contributed by atoms with E-state index >= 15 is 0 Å². The van der Waals surface area contributed by atoms with Gasteiger partial charge < -0.3 is 10.6 Å². The van der Waals surface area contributed by atoms with Gasteiger partial charge in [0.1, 0.15) is 6.04 Å². The first kappa shape index (κ1) is 24.3. The first-order chi connectivity index (χ1) is 17.4. The van der Waals surface area contributed by atoms with E-state index in [1.54, 1.807) is 0 Å². The van der Waals surface area contributed by atoms with Crippen molar-refractivity contribution < 1.29 is 9.59 Å². The Morgan fingerprint density at radius 1 is 1.11 bits per heavy atom. The Morgan fingerprint density at radius 3 is 2.64 bits per heavy atom. The maximum atomic E-state index is 13.2. The third kappa shape index (κ3) is 4.80. The van der Waals surface area contributed by atoms with Crippen LogP contribution >= 0.6 is 0 Å². The predicted molar refractivity (Wildman–Crippen MR) is 140 cm³/mol. The number of benzene rings is 2. The second-order valence-corrected chi connectivity index (χ2v) is 10.0. The lowest BCUT2D eigenvalue weighted by Crippen LogP contribution is -2.53. The van der Waals surface area contributed by atoms with Crippen molar-refractivity contribution in [2.75, 3.05) is 19.6 Å². The molecule has 3 aromatic rings. The molecule has 0 radical (unpaired) electrons. The lowest BCUT2D eigenvalue weighted by molar-refractivity contribution is -0.132. The molecule has 2 amide bonds. The molecule has 2 atom stereocenters. The first-order valence-corrected chi connectivity index (χ1v) is 13.0. The second-order valence-electron chi connectivity index (χ2n) is 10.0. The zero-order valence-corrected chi connectivity index (χ0v) is 21.4. The number of nitrogens with zero attached hydrogens (tertiary/aromatic N) is 3. The molecule has 1 aromatic heterocycles. The maximum absolute atomic E-state index is 13.2. The van der Waals surface area contributed by atoms with E-state index in [1.165, 1.54) is 24.0 Å². The van der Waals surface area contributed by atoms with Gasteiger partial charge in [0.15, 0.2) is 0 Å². The highest BCUT2D eigenvalue weighted by molar-refractivity contribution is 5.86. The molecule has 2 aromatic carbocycles. The molecule has 1 saturated heterocycles. The van der Waals surface area contributed by atoms with Crippen molar-refractivity contribution in [2.45, 2.75) is 58.5 Å². The van der Waals surface area contributed by atoms with Crippen LogP contribution in [0.2, 0.25) is 0 Å². The normalized spacial score (nSPS) is 18.9. The van der Waals surface area contributed by atoms with Crippen LogP contribution in [0.15, 0.2) is 48.5 Å². The summed E-state index contributed by atoms with van der Waals surface area (Å²) in [5.41, 5.74) is 7.50. The number of carbonyl (C=O) groups excluding carboxylic acids is 2. The Labute approximate surface area is 212 Å². The molecule has 2 heterocycles. The number of para-hydroxylation sites is 1. The van der Waals surface area contributed by atoms with E-state index in [0.717, 1.165) is 41.0 Å². The van der Waals surface area contributed by atoms with E-state index < -0.39 is 6.04 Å². The number of aryl methyl sites for hydroxylation is 3. The predicted octanol–water partition coefficient (Wildman–Crippen LogP) is 3.72. The Morgan fingerprint density at radius 2 is 1.86 bits per heavy atom. The molecule has 7 nitrogen and oxygen atoms in total. The van der Waals surface area contributed by atoms with E-state index in [4.69, 9.17) is 5.10 Å². The largest absolute Gasteiger partial charge is 0.353 e. The Hall–Kier alpha value is -3.45. The number of rotatable bonds is 6. The van der Waals surface area contributed by atoms with E-state index in [9.17, 15) is 9.59 Å². The molecule has 188 valence electrons. The number of amides is 2. The number of hydrogen-bond donors (Lipinski definition) is 2. The SMILES string of the molecule is Cc1nn(-c2ccccc2)c(C)c1[C@@H]1C(=O)NCCN1CC(=O)N[C@@H](C)c1ccc2c(c1)CCCC2. The zero-order chi connectivity index (χ0) is 25.2. The molecule has 2 N–H and O–H groups in total. The van der Waals surface area contributed by atoms with Crippen LogP contribution in [0, 0.1) is 13.8 Å². The smallest absolute Gasteiger partial charge is 0.242 e. The lowest BCUT2D eigenvalue weighted by atomic mass is 9.89. The average Bonchev–Trinajstić information content (AvgIpc) is 3.18. The minimum absolute atomic E-state index is 0.0781. The number of hydrogen-bond acceptors (Lipinski definition) is 4. The number of nitrogens with one attached hydrogen (secondary N) is 2. The van der Waals surface area contributed by atoms with E-state index in [2.05, 4.69) is 28.8 Å². The van der Waals surface area contributed by atoms with E-state index in [-0.39, 0.29) is 24.4 Å². The van der Waals surface area contributed by atoms with Crippen molar-refractivity contribution in [3.63, 3.8) is 0 Å². The Balaban J connectivity index is 1.33. The third-order valence-corrected chi connectivity index (χ3v) is 7.53. The quantitative estimate of drug-likeness (QED) is 0.558. The van der Waals surface area contributed by atoms with E-state index in [1.807, 2.05) is 60.7 Å². The molecule has 36 heavy (non-hydrogen) atoms. The average molecular weight is 486 g/mol. The fraction of sp³-hybridized carbons (Fsp3) is 0.414. The molecular formula is C29H35N5O2. The molecule has 7 heteroatoms. The van der Waals surface area contributed by atoms with Crippen LogP contribution in [-0.4, -0.2) is 46.1 Å². The topological polar surface area (TPSA) is 79.3 Å². The standard InChI is InChI=1S/C29H35N5O2/c1-19(23-14-13-22-9-7-8-10-24(22)17-23)31-26(35)18-33-16-15-30-29(36)28(33)27-20(2)32-34(21(27)3)25-11-5-4-6-12-25/h4-6,11-14,17,19,28H,7-10,15-16,18H2,1-3H3,(H,30,36)(H,31,35)/t19-,28+/m0/s1. The summed E-state index contributed by atoms with van der Waals surface area (Å²) in [7, 11) is 0. The summed E-state index contributed by atoms with van der Waals surface area (Å²) in [6, 6.07) is 15.9. The van der Waals surface area contributed by atoms with Crippen LogP contribution in [0.25, 0.3) is 5.69 Å². The van der Waals surface area contributed by atoms with Crippen LogP contribution in [0.1, 0.15) is 65.5 Å². The minimum Gasteiger partial charge on any atom is -0.353 e. The second kappa shape index (κ2) is 10.3. The summed E-state index contributed by atoms with van der Waals surface area (Å²) < 4.78 is 1.88. The number of aromatic nitrogens is 2. The summed E-state index contributed by atoms with van der Waals surface area (Å²) in [5.74, 6) is -0.165. The first-order valence-electron chi connectivity index (χ1n) is 13.0. The monoisotopic (exact) mass is 485 g/mol. The zero-order valence-electron chi connectivity index (χ0n) is 21.4. The van der Waals surface area contributed by atoms with Gasteiger partial charge in [0, 0.05) is 24.3 Å². The number of carbonyl (C=O) groups is 2. The highest BCUT2D eigenvalue weighted by Gasteiger charge is 2.36. The third-order valence-electron chi connectivity index (χ3n) is 7.53. The Kier molecular flexibility index (Phi) is 6.92. The van der Waals surface area contributed by atoms with Crippen molar-refractivity contribution in [3.8, 4) is 5.69 Å². The molecule has 1 aliphatic carbocycles. The minimum atomic E-state index is -0.555. The Bertz CT molecular complexity index is 1270. The van der Waals surface area contributed by atoms with Crippen molar-refractivity contribution in [1.82, 2.24) is 25.3 Å². The number of fused-ring (bicyclic) bond motifs is 1. The molecule has 1 fully saturated rings. The molecule has 0 bridgehead atoms. The summed E-state index contributed by atoms with van der Waals surface area (Å²) >= 11 is 0. The van der Waals surface area contributed by atoms with Crippen LogP contribution in [-0.2, 0) is 22.4 Å². The van der Waals surface area contributed by atoms with Gasteiger partial charge in [-0.2, -0.15) is 5.10 Å². The van der Waals surface area contributed by atoms with Gasteiger partial charge in [-0.05, 0) is 75.3 Å². The van der Waals surface area contributed by atoms with Gasteiger partial charge in [0.25, 0.3) is 0 Å². The van der Waals surface area contributed by atoms with E-state index in [0.29, 0.717) is 13.1 Å². The highest BCUT2D eigenvalue weighted by atomic mass is 16.2. The van der Waals surface area contributed by atoms with Crippen molar-refractivity contribution >= 4 is 11.8 Å². The van der Waals surface area contributed by atoms with Crippen molar-refractivity contribution in [1.29, 1.82) is 0 Å². The van der Waals surface area contributed by atoms with Gasteiger partial charge in [-0.3, -0.25) is 14.5 Å². The molecular weight excluding hydrogens is 450 g/mol. The van der Waals surface area contributed by atoms with Gasteiger partial charge in [0.05, 0.1) is 24.0 Å². The molecule has 0 saturated carbocycles. The highest BCUT2D eigenvalue weighted by Crippen LogP contribution is 2.30. The summed E-state index contributed by atoms with van der Waals surface area (Å²) in [6.45, 7) is 7.23. The van der Waals surface area contributed by atoms with Crippen molar-refractivity contribution in [3.05, 3.63) is 82.2 Å². The van der Waals surface area contributed by atoms with Gasteiger partial charge in [-0.25, -0.2) is 4.68 Å². The fourth-order valence-corrected chi connectivity index (χ4v) is 5.65. The summed E-state index contributed by atoms with van der Waals surface area (Å²) in [4.78, 5) is 28.2. The molecule has 2 aliphatic rings. The molecule has 0 spiro atoms. The number of piperazine rings is 1. The summed E-state index contributed by atoms with van der Waals surface area (Å²) in [6.07, 6.45) is 4.75.